The Balaban J connectivity index is 1.45. The van der Waals surface area contributed by atoms with Crippen LogP contribution in [0.1, 0.15) is 21.5 Å². The van der Waals surface area contributed by atoms with Crippen molar-refractivity contribution in [1.29, 1.82) is 0 Å². The summed E-state index contributed by atoms with van der Waals surface area (Å²) in [5.74, 6) is -0.894. The second-order valence-electron chi connectivity index (χ2n) is 6.35. The minimum Gasteiger partial charge on any atom is -0.478 e. The van der Waals surface area contributed by atoms with Crippen LogP contribution in [0.5, 0.6) is 0 Å². The standard InChI is InChI=1S/C20H24N2O3/c23-20(24)18-8-4-7-17(11-18)12-21-13-19-15-22(9-10-25-19)14-16-5-2-1-3-6-16/h1-8,11,19,21H,9-10,12-15H2,(H,23,24). The fraction of sp³-hybridized carbons (Fsp3) is 0.350. The number of ether oxygens (including phenoxy) is 1. The van der Waals surface area contributed by atoms with Gasteiger partial charge in [-0.1, -0.05) is 42.5 Å². The maximum Gasteiger partial charge on any atom is 0.335 e. The van der Waals surface area contributed by atoms with Gasteiger partial charge in [-0.25, -0.2) is 4.79 Å². The quantitative estimate of drug-likeness (QED) is 0.810. The van der Waals surface area contributed by atoms with E-state index < -0.39 is 5.97 Å². The van der Waals surface area contributed by atoms with Crippen LogP contribution in [0.25, 0.3) is 0 Å². The molecule has 3 rings (SSSR count). The smallest absolute Gasteiger partial charge is 0.335 e. The van der Waals surface area contributed by atoms with Gasteiger partial charge in [-0.05, 0) is 23.3 Å². The van der Waals surface area contributed by atoms with Gasteiger partial charge in [-0.2, -0.15) is 0 Å². The lowest BCUT2D eigenvalue weighted by molar-refractivity contribution is -0.0300. The van der Waals surface area contributed by atoms with Crippen molar-refractivity contribution in [3.05, 3.63) is 71.3 Å². The molecule has 1 atom stereocenters. The number of carboxylic acid groups (broad SMARTS) is 1. The summed E-state index contributed by atoms with van der Waals surface area (Å²) in [6.45, 7) is 4.93. The van der Waals surface area contributed by atoms with Crippen molar-refractivity contribution in [1.82, 2.24) is 10.2 Å². The van der Waals surface area contributed by atoms with Crippen LogP contribution in [0.3, 0.4) is 0 Å². The zero-order chi connectivity index (χ0) is 17.5. The number of aromatic carboxylic acids is 1. The second-order valence-corrected chi connectivity index (χ2v) is 6.35. The van der Waals surface area contributed by atoms with Gasteiger partial charge in [0.15, 0.2) is 0 Å². The highest BCUT2D eigenvalue weighted by molar-refractivity contribution is 5.87. The fourth-order valence-corrected chi connectivity index (χ4v) is 3.08. The van der Waals surface area contributed by atoms with Crippen molar-refractivity contribution in [3.63, 3.8) is 0 Å². The molecule has 1 unspecified atom stereocenters. The maximum absolute atomic E-state index is 11.0. The third-order valence-corrected chi connectivity index (χ3v) is 4.35. The van der Waals surface area contributed by atoms with Crippen LogP contribution in [-0.2, 0) is 17.8 Å². The molecule has 0 aromatic heterocycles. The summed E-state index contributed by atoms with van der Waals surface area (Å²) in [6, 6.07) is 17.5. The summed E-state index contributed by atoms with van der Waals surface area (Å²) in [6.07, 6.45) is 0.153. The molecular weight excluding hydrogens is 316 g/mol. The normalized spacial score (nSPS) is 18.2. The number of rotatable bonds is 7. The fourth-order valence-electron chi connectivity index (χ4n) is 3.08. The van der Waals surface area contributed by atoms with E-state index in [9.17, 15) is 4.79 Å². The van der Waals surface area contributed by atoms with Gasteiger partial charge >= 0.3 is 5.97 Å². The Morgan fingerprint density at radius 2 is 1.96 bits per heavy atom. The number of benzene rings is 2. The van der Waals surface area contributed by atoms with Gasteiger partial charge in [-0.15, -0.1) is 0 Å². The van der Waals surface area contributed by atoms with E-state index in [2.05, 4.69) is 34.5 Å². The molecule has 2 N–H and O–H groups in total. The Kier molecular flexibility index (Phi) is 6.17. The minimum absolute atomic E-state index is 0.153. The molecule has 2 aromatic carbocycles. The molecule has 132 valence electrons. The lowest BCUT2D eigenvalue weighted by Gasteiger charge is -2.33. The highest BCUT2D eigenvalue weighted by atomic mass is 16.5. The molecule has 5 nitrogen and oxygen atoms in total. The summed E-state index contributed by atoms with van der Waals surface area (Å²) in [7, 11) is 0. The topological polar surface area (TPSA) is 61.8 Å². The van der Waals surface area contributed by atoms with E-state index in [1.54, 1.807) is 18.2 Å². The van der Waals surface area contributed by atoms with Gasteiger partial charge in [-0.3, -0.25) is 4.90 Å². The molecule has 0 radical (unpaired) electrons. The highest BCUT2D eigenvalue weighted by Gasteiger charge is 2.20. The molecule has 0 amide bonds. The van der Waals surface area contributed by atoms with Crippen LogP contribution >= 0.6 is 0 Å². The van der Waals surface area contributed by atoms with Crippen LogP contribution in [0, 0.1) is 0 Å². The van der Waals surface area contributed by atoms with Gasteiger partial charge in [0.1, 0.15) is 0 Å². The number of carbonyl (C=O) groups is 1. The summed E-state index contributed by atoms with van der Waals surface area (Å²) < 4.78 is 5.85. The number of nitrogens with one attached hydrogen (secondary N) is 1. The molecule has 1 aliphatic heterocycles. The largest absolute Gasteiger partial charge is 0.478 e. The first kappa shape index (κ1) is 17.6. The molecule has 1 heterocycles. The van der Waals surface area contributed by atoms with E-state index in [0.717, 1.165) is 38.3 Å². The van der Waals surface area contributed by atoms with E-state index in [1.807, 2.05) is 12.1 Å². The first-order valence-electron chi connectivity index (χ1n) is 8.61. The molecule has 0 bridgehead atoms. The van der Waals surface area contributed by atoms with Gasteiger partial charge in [0, 0.05) is 32.7 Å². The maximum atomic E-state index is 11.0. The summed E-state index contributed by atoms with van der Waals surface area (Å²) in [4.78, 5) is 13.4. The van der Waals surface area contributed by atoms with Crippen molar-refractivity contribution in [3.8, 4) is 0 Å². The number of morpholine rings is 1. The predicted molar refractivity (Wildman–Crippen MR) is 96.6 cm³/mol. The number of nitrogens with zero attached hydrogens (tertiary/aromatic N) is 1. The van der Waals surface area contributed by atoms with E-state index in [-0.39, 0.29) is 6.10 Å². The molecule has 2 aromatic rings. The summed E-state index contributed by atoms with van der Waals surface area (Å²) in [5.41, 5.74) is 2.61. The molecular formula is C20H24N2O3. The second kappa shape index (κ2) is 8.76. The third-order valence-electron chi connectivity index (χ3n) is 4.35. The Morgan fingerprint density at radius 3 is 2.76 bits per heavy atom. The van der Waals surface area contributed by atoms with Gasteiger partial charge in [0.25, 0.3) is 0 Å². The molecule has 1 aliphatic rings. The van der Waals surface area contributed by atoms with Gasteiger partial charge < -0.3 is 15.2 Å². The van der Waals surface area contributed by atoms with Crippen molar-refractivity contribution in [2.75, 3.05) is 26.2 Å². The van der Waals surface area contributed by atoms with Crippen molar-refractivity contribution in [2.24, 2.45) is 0 Å². The predicted octanol–water partition coefficient (Wildman–Crippen LogP) is 2.38. The van der Waals surface area contributed by atoms with Gasteiger partial charge in [0.2, 0.25) is 0 Å². The number of hydrogen-bond donors (Lipinski definition) is 2. The van der Waals surface area contributed by atoms with Crippen molar-refractivity contribution >= 4 is 5.97 Å². The van der Waals surface area contributed by atoms with Crippen LogP contribution in [-0.4, -0.2) is 48.3 Å². The molecule has 0 saturated carbocycles. The highest BCUT2D eigenvalue weighted by Crippen LogP contribution is 2.10. The number of hydrogen-bond acceptors (Lipinski definition) is 4. The van der Waals surface area contributed by atoms with E-state index in [4.69, 9.17) is 9.84 Å². The number of carboxylic acids is 1. The monoisotopic (exact) mass is 340 g/mol. The molecule has 1 saturated heterocycles. The molecule has 0 aliphatic carbocycles. The molecule has 25 heavy (non-hydrogen) atoms. The van der Waals surface area contributed by atoms with Crippen LogP contribution in [0.2, 0.25) is 0 Å². The Labute approximate surface area is 148 Å². The Bertz CT molecular complexity index is 690. The zero-order valence-corrected chi connectivity index (χ0v) is 14.2. The van der Waals surface area contributed by atoms with E-state index in [0.29, 0.717) is 12.1 Å². The first-order valence-corrected chi connectivity index (χ1v) is 8.61. The van der Waals surface area contributed by atoms with E-state index >= 15 is 0 Å². The average Bonchev–Trinajstić information content (AvgIpc) is 2.63. The zero-order valence-electron chi connectivity index (χ0n) is 14.2. The Hall–Kier alpha value is -2.21. The third kappa shape index (κ3) is 5.39. The SMILES string of the molecule is O=C(O)c1cccc(CNCC2CN(Cc3ccccc3)CCO2)c1. The van der Waals surface area contributed by atoms with Gasteiger partial charge in [0.05, 0.1) is 18.3 Å². The average molecular weight is 340 g/mol. The van der Waals surface area contributed by atoms with Crippen LogP contribution < -0.4 is 5.32 Å². The molecule has 1 fully saturated rings. The summed E-state index contributed by atoms with van der Waals surface area (Å²) >= 11 is 0. The van der Waals surface area contributed by atoms with E-state index in [1.165, 1.54) is 5.56 Å². The van der Waals surface area contributed by atoms with Crippen molar-refractivity contribution < 1.29 is 14.6 Å². The Morgan fingerprint density at radius 1 is 1.16 bits per heavy atom. The lowest BCUT2D eigenvalue weighted by atomic mass is 10.1. The summed E-state index contributed by atoms with van der Waals surface area (Å²) in [5, 5.41) is 12.4. The molecule has 0 spiro atoms. The van der Waals surface area contributed by atoms with Crippen molar-refractivity contribution in [2.45, 2.75) is 19.2 Å². The van der Waals surface area contributed by atoms with Crippen LogP contribution in [0.15, 0.2) is 54.6 Å². The lowest BCUT2D eigenvalue weighted by Crippen LogP contribution is -2.46. The van der Waals surface area contributed by atoms with Crippen LogP contribution in [0.4, 0.5) is 0 Å². The minimum atomic E-state index is -0.894. The molecule has 5 heteroatoms. The first-order chi connectivity index (χ1) is 12.2.